The second-order valence-corrected chi connectivity index (χ2v) is 6.79. The van der Waals surface area contributed by atoms with Gasteiger partial charge in [0.2, 0.25) is 0 Å². The van der Waals surface area contributed by atoms with Crippen LogP contribution in [0.3, 0.4) is 0 Å². The number of nitrogens with one attached hydrogen (secondary N) is 1. The minimum atomic E-state index is -0.771. The molecular formula is C16H16N4O4S. The van der Waals surface area contributed by atoms with Gasteiger partial charge in [-0.25, -0.2) is 9.97 Å². The Kier molecular flexibility index (Phi) is 4.30. The van der Waals surface area contributed by atoms with Gasteiger partial charge >= 0.3 is 0 Å². The number of benzene rings is 1. The number of imidazole rings is 1. The van der Waals surface area contributed by atoms with Crippen LogP contribution in [-0.2, 0) is 4.74 Å². The summed E-state index contributed by atoms with van der Waals surface area (Å²) < 4.78 is 7.26. The minimum Gasteiger partial charge on any atom is -0.394 e. The van der Waals surface area contributed by atoms with Gasteiger partial charge in [0.25, 0.3) is 5.56 Å². The summed E-state index contributed by atoms with van der Waals surface area (Å²) in [6.07, 6.45) is -0.177. The van der Waals surface area contributed by atoms with E-state index in [2.05, 4.69) is 15.0 Å². The summed E-state index contributed by atoms with van der Waals surface area (Å²) >= 11 is 1.34. The van der Waals surface area contributed by atoms with Gasteiger partial charge in [0.15, 0.2) is 16.3 Å². The van der Waals surface area contributed by atoms with Crippen molar-refractivity contribution in [2.75, 3.05) is 6.61 Å². The molecule has 1 saturated heterocycles. The molecule has 3 N–H and O–H groups in total. The van der Waals surface area contributed by atoms with Gasteiger partial charge in [-0.15, -0.1) is 0 Å². The Bertz CT molecular complexity index is 942. The molecule has 4 rings (SSSR count). The summed E-state index contributed by atoms with van der Waals surface area (Å²) in [7, 11) is 0. The Morgan fingerprint density at radius 2 is 2.16 bits per heavy atom. The molecule has 0 unspecified atom stereocenters. The molecule has 0 saturated carbocycles. The molecule has 25 heavy (non-hydrogen) atoms. The highest BCUT2D eigenvalue weighted by molar-refractivity contribution is 7.99. The van der Waals surface area contributed by atoms with E-state index in [0.29, 0.717) is 17.2 Å². The standard InChI is InChI=1S/C16H16N4O4S/c21-7-11-10(22)6-12(24-11)20-8-17-13-14(20)18-16(19-15(13)23)25-9-4-2-1-3-5-9/h1-5,8,10-12,21-22H,6-7H2,(H,18,19,23)/t10-,11+,12+/m1/s1. The van der Waals surface area contributed by atoms with Gasteiger partial charge in [-0.05, 0) is 12.1 Å². The number of hydrogen-bond donors (Lipinski definition) is 3. The minimum absolute atomic E-state index is 0.211. The van der Waals surface area contributed by atoms with Crippen LogP contribution >= 0.6 is 11.8 Å². The monoisotopic (exact) mass is 360 g/mol. The van der Waals surface area contributed by atoms with E-state index >= 15 is 0 Å². The summed E-state index contributed by atoms with van der Waals surface area (Å²) in [4.78, 5) is 24.6. The van der Waals surface area contributed by atoms with E-state index in [-0.39, 0.29) is 17.7 Å². The van der Waals surface area contributed by atoms with Gasteiger partial charge in [-0.3, -0.25) is 14.3 Å². The van der Waals surface area contributed by atoms with E-state index in [0.717, 1.165) is 4.90 Å². The first kappa shape index (κ1) is 16.3. The van der Waals surface area contributed by atoms with Crippen LogP contribution in [0.4, 0.5) is 0 Å². The molecule has 0 bridgehead atoms. The van der Waals surface area contributed by atoms with Crippen molar-refractivity contribution in [1.29, 1.82) is 0 Å². The van der Waals surface area contributed by atoms with Crippen molar-refractivity contribution in [2.24, 2.45) is 0 Å². The maximum atomic E-state index is 12.3. The molecule has 2 aromatic heterocycles. The largest absolute Gasteiger partial charge is 0.394 e. The zero-order valence-electron chi connectivity index (χ0n) is 13.1. The number of aromatic nitrogens is 4. The predicted octanol–water partition coefficient (Wildman–Crippen LogP) is 0.911. The third-order valence-corrected chi connectivity index (χ3v) is 4.96. The molecule has 1 aliphatic rings. The number of rotatable bonds is 4. The lowest BCUT2D eigenvalue weighted by Crippen LogP contribution is -2.24. The van der Waals surface area contributed by atoms with Crippen LogP contribution in [0.2, 0.25) is 0 Å². The molecule has 0 aliphatic carbocycles. The van der Waals surface area contributed by atoms with Gasteiger partial charge in [0, 0.05) is 11.3 Å². The molecule has 3 aromatic rings. The van der Waals surface area contributed by atoms with Crippen molar-refractivity contribution in [1.82, 2.24) is 19.5 Å². The Labute approximate surface area is 146 Å². The van der Waals surface area contributed by atoms with Crippen LogP contribution in [0.15, 0.2) is 51.5 Å². The van der Waals surface area contributed by atoms with Gasteiger partial charge in [-0.1, -0.05) is 30.0 Å². The number of nitrogens with zero attached hydrogens (tertiary/aromatic N) is 3. The third-order valence-electron chi connectivity index (χ3n) is 4.06. The second kappa shape index (κ2) is 6.60. The van der Waals surface area contributed by atoms with Crippen molar-refractivity contribution in [3.63, 3.8) is 0 Å². The molecule has 1 aliphatic heterocycles. The Morgan fingerprint density at radius 1 is 1.36 bits per heavy atom. The molecule has 1 fully saturated rings. The zero-order chi connectivity index (χ0) is 17.4. The summed E-state index contributed by atoms with van der Waals surface area (Å²) in [5, 5.41) is 19.6. The second-order valence-electron chi connectivity index (χ2n) is 5.73. The first-order valence-corrected chi connectivity index (χ1v) is 8.61. The molecule has 1 aromatic carbocycles. The molecule has 9 heteroatoms. The SMILES string of the molecule is O=c1[nH]c(Sc2ccccc2)nc2c1ncn2[C@@H]1C[C@@H](O)[C@H](CO)O1. The van der Waals surface area contributed by atoms with Crippen molar-refractivity contribution >= 4 is 22.9 Å². The lowest BCUT2D eigenvalue weighted by Gasteiger charge is -2.13. The van der Waals surface area contributed by atoms with Crippen LogP contribution in [0.1, 0.15) is 12.6 Å². The van der Waals surface area contributed by atoms with Crippen LogP contribution in [0.25, 0.3) is 11.2 Å². The highest BCUT2D eigenvalue weighted by Crippen LogP contribution is 2.31. The molecule has 0 spiro atoms. The van der Waals surface area contributed by atoms with E-state index in [1.807, 2.05) is 30.3 Å². The third kappa shape index (κ3) is 3.07. The number of aliphatic hydroxyl groups is 2. The fourth-order valence-corrected chi connectivity index (χ4v) is 3.61. The topological polar surface area (TPSA) is 113 Å². The van der Waals surface area contributed by atoms with E-state index in [1.54, 1.807) is 4.57 Å². The Balaban J connectivity index is 1.71. The van der Waals surface area contributed by atoms with Crippen LogP contribution in [0.5, 0.6) is 0 Å². The lowest BCUT2D eigenvalue weighted by atomic mass is 10.2. The van der Waals surface area contributed by atoms with Crippen molar-refractivity contribution in [2.45, 2.75) is 34.9 Å². The van der Waals surface area contributed by atoms with Gasteiger partial charge in [-0.2, -0.15) is 0 Å². The van der Waals surface area contributed by atoms with Crippen molar-refractivity contribution in [3.8, 4) is 0 Å². The van der Waals surface area contributed by atoms with Crippen molar-refractivity contribution in [3.05, 3.63) is 47.0 Å². The molecule has 3 atom stereocenters. The average molecular weight is 360 g/mol. The zero-order valence-corrected chi connectivity index (χ0v) is 13.9. The summed E-state index contributed by atoms with van der Waals surface area (Å²) in [6, 6.07) is 9.58. The van der Waals surface area contributed by atoms with Crippen LogP contribution in [-0.4, -0.2) is 48.5 Å². The summed E-state index contributed by atoms with van der Waals surface area (Å²) in [5.74, 6) is 0. The highest BCUT2D eigenvalue weighted by atomic mass is 32.2. The molecule has 8 nitrogen and oxygen atoms in total. The van der Waals surface area contributed by atoms with E-state index in [4.69, 9.17) is 4.74 Å². The number of fused-ring (bicyclic) bond motifs is 1. The van der Waals surface area contributed by atoms with Gasteiger partial charge < -0.3 is 14.9 Å². The van der Waals surface area contributed by atoms with Crippen LogP contribution < -0.4 is 5.56 Å². The predicted molar refractivity (Wildman–Crippen MR) is 90.3 cm³/mol. The number of hydrogen-bond acceptors (Lipinski definition) is 7. The molecule has 3 heterocycles. The summed E-state index contributed by atoms with van der Waals surface area (Å²) in [5.41, 5.74) is 0.264. The number of aliphatic hydroxyl groups excluding tert-OH is 2. The van der Waals surface area contributed by atoms with E-state index < -0.39 is 18.4 Å². The van der Waals surface area contributed by atoms with Crippen molar-refractivity contribution < 1.29 is 14.9 Å². The number of H-pyrrole nitrogens is 1. The normalized spacial score (nSPS) is 23.4. The van der Waals surface area contributed by atoms with E-state index in [1.165, 1.54) is 18.1 Å². The Hall–Kier alpha value is -2.20. The first-order chi connectivity index (χ1) is 12.2. The fourth-order valence-electron chi connectivity index (χ4n) is 2.82. The lowest BCUT2D eigenvalue weighted by molar-refractivity contribution is -0.0432. The summed E-state index contributed by atoms with van der Waals surface area (Å²) in [6.45, 7) is -0.270. The quantitative estimate of drug-likeness (QED) is 0.593. The van der Waals surface area contributed by atoms with Crippen LogP contribution in [0, 0.1) is 0 Å². The first-order valence-electron chi connectivity index (χ1n) is 7.80. The van der Waals surface area contributed by atoms with E-state index in [9.17, 15) is 15.0 Å². The molecule has 0 radical (unpaired) electrons. The maximum Gasteiger partial charge on any atom is 0.279 e. The number of aromatic amines is 1. The fraction of sp³-hybridized carbons (Fsp3) is 0.312. The van der Waals surface area contributed by atoms with Gasteiger partial charge in [0.05, 0.1) is 19.0 Å². The average Bonchev–Trinajstić information content (AvgIpc) is 3.19. The smallest absolute Gasteiger partial charge is 0.279 e. The maximum absolute atomic E-state index is 12.3. The number of ether oxygens (including phenoxy) is 1. The molecule has 0 amide bonds. The molecule has 130 valence electrons. The van der Waals surface area contributed by atoms with Gasteiger partial charge in [0.1, 0.15) is 12.3 Å². The Morgan fingerprint density at radius 3 is 2.88 bits per heavy atom. The molecular weight excluding hydrogens is 344 g/mol. The highest BCUT2D eigenvalue weighted by Gasteiger charge is 2.35.